The summed E-state index contributed by atoms with van der Waals surface area (Å²) in [6, 6.07) is 11.3. The largest absolute Gasteiger partial charge is 0.477 e. The maximum atomic E-state index is 14.6. The summed E-state index contributed by atoms with van der Waals surface area (Å²) in [5.41, 5.74) is 0.691. The number of nitrogens with one attached hydrogen (secondary N) is 1. The van der Waals surface area contributed by atoms with Gasteiger partial charge in [0.05, 0.1) is 12.5 Å². The van der Waals surface area contributed by atoms with Crippen molar-refractivity contribution in [2.24, 2.45) is 11.3 Å². The van der Waals surface area contributed by atoms with E-state index < -0.39 is 33.4 Å². The zero-order valence-electron chi connectivity index (χ0n) is 23.2. The first-order valence-corrected chi connectivity index (χ1v) is 13.4. The molecule has 4 atom stereocenters. The van der Waals surface area contributed by atoms with Crippen LogP contribution in [0.2, 0.25) is 0 Å². The van der Waals surface area contributed by atoms with Crippen LogP contribution in [0.15, 0.2) is 36.4 Å². The van der Waals surface area contributed by atoms with Crippen molar-refractivity contribution in [3.05, 3.63) is 53.1 Å². The molecule has 9 nitrogen and oxygen atoms in total. The number of quaternary nitrogens is 1. The summed E-state index contributed by atoms with van der Waals surface area (Å²) in [5.74, 6) is -1.56. The molecule has 0 radical (unpaired) electrons. The summed E-state index contributed by atoms with van der Waals surface area (Å²) in [5, 5.41) is 14.3. The molecule has 208 valence electrons. The van der Waals surface area contributed by atoms with Gasteiger partial charge in [-0.25, -0.2) is 14.1 Å². The van der Waals surface area contributed by atoms with Crippen molar-refractivity contribution in [2.75, 3.05) is 33.0 Å². The summed E-state index contributed by atoms with van der Waals surface area (Å²) in [7, 11) is 0. The van der Waals surface area contributed by atoms with Gasteiger partial charge in [-0.15, -0.1) is 0 Å². The number of fused-ring (bicyclic) bond motifs is 2. The van der Waals surface area contributed by atoms with Crippen molar-refractivity contribution in [1.29, 1.82) is 0 Å². The fourth-order valence-corrected chi connectivity index (χ4v) is 6.83. The van der Waals surface area contributed by atoms with Crippen LogP contribution in [0.1, 0.15) is 56.9 Å². The summed E-state index contributed by atoms with van der Waals surface area (Å²) >= 11 is 0. The van der Waals surface area contributed by atoms with Gasteiger partial charge < -0.3 is 24.6 Å². The van der Waals surface area contributed by atoms with E-state index in [0.717, 1.165) is 5.56 Å². The molecule has 3 aliphatic rings. The number of Topliss-reactive ketones (excluding diaryl/α,β-unsaturated/α-hetero) is 1. The van der Waals surface area contributed by atoms with Crippen LogP contribution in [-0.4, -0.2) is 61.3 Å². The van der Waals surface area contributed by atoms with Gasteiger partial charge in [-0.3, -0.25) is 4.79 Å². The Morgan fingerprint density at radius 2 is 1.92 bits per heavy atom. The number of ketones is 1. The molecule has 1 amide bonds. The zero-order valence-corrected chi connectivity index (χ0v) is 23.2. The average Bonchev–Trinajstić information content (AvgIpc) is 3.32. The Morgan fingerprint density at radius 3 is 2.62 bits per heavy atom. The number of piperidine rings is 1. The minimum absolute atomic E-state index is 0.0815. The standard InChI is InChI=1S/C30H36N2O7/c1-18-9-10-23-21(13-18)26(20-7-6-8-24-27(20)39-17-38-24)37-15-25(34)32(23,16-29(3,4)5)30(28(35)36)11-12-31-14-22(30)19(2)33/h6-10,13,22,26,31H,11-12,14-17H2,1-5H3/p+1/t22-,26?,30+,32+/m1/s1. The first-order valence-electron chi connectivity index (χ1n) is 13.4. The SMILES string of the molecule is CC(=O)[C@H]1CNCC[C@]1(C(=O)O)[N@+]1(CC(C)(C)C)C(=O)COC(c2cccc3c2OCO3)c2cc(C)ccc21. The van der Waals surface area contributed by atoms with Crippen LogP contribution in [0, 0.1) is 18.3 Å². The van der Waals surface area contributed by atoms with Gasteiger partial charge in [-0.2, -0.15) is 0 Å². The molecule has 2 N–H and O–H groups in total. The quantitative estimate of drug-likeness (QED) is 0.555. The number of hydrogen-bond acceptors (Lipinski definition) is 7. The number of hydrogen-bond donors (Lipinski definition) is 2. The minimum atomic E-state index is -1.72. The molecule has 0 saturated carbocycles. The molecule has 5 rings (SSSR count). The van der Waals surface area contributed by atoms with E-state index in [1.807, 2.05) is 64.1 Å². The second-order valence-electron chi connectivity index (χ2n) is 12.1. The van der Waals surface area contributed by atoms with Crippen LogP contribution in [-0.2, 0) is 19.1 Å². The van der Waals surface area contributed by atoms with Crippen LogP contribution in [0.3, 0.4) is 0 Å². The number of aryl methyl sites for hydroxylation is 1. The molecular formula is C30H37N2O7+. The highest BCUT2D eigenvalue weighted by atomic mass is 16.7. The van der Waals surface area contributed by atoms with Crippen LogP contribution < -0.4 is 19.3 Å². The molecule has 2 aromatic carbocycles. The number of carboxylic acids is 1. The van der Waals surface area contributed by atoms with Crippen LogP contribution in [0.5, 0.6) is 11.5 Å². The lowest BCUT2D eigenvalue weighted by molar-refractivity contribution is -0.170. The van der Waals surface area contributed by atoms with Gasteiger partial charge in [-0.05, 0) is 26.0 Å². The van der Waals surface area contributed by atoms with Crippen molar-refractivity contribution in [1.82, 2.24) is 9.80 Å². The molecule has 1 unspecified atom stereocenters. The van der Waals surface area contributed by atoms with Crippen LogP contribution in [0.25, 0.3) is 0 Å². The molecule has 0 aliphatic carbocycles. The third-order valence-corrected chi connectivity index (χ3v) is 8.25. The van der Waals surface area contributed by atoms with Gasteiger partial charge >= 0.3 is 11.9 Å². The number of carboxylic acid groups (broad SMARTS) is 1. The molecule has 0 aromatic heterocycles. The van der Waals surface area contributed by atoms with Gasteiger partial charge in [0.2, 0.25) is 12.3 Å². The lowest BCUT2D eigenvalue weighted by atomic mass is 9.70. The second-order valence-corrected chi connectivity index (χ2v) is 12.1. The lowest BCUT2D eigenvalue weighted by Crippen LogP contribution is -2.80. The minimum Gasteiger partial charge on any atom is -0.477 e. The Balaban J connectivity index is 1.86. The predicted octanol–water partition coefficient (Wildman–Crippen LogP) is 3.75. The highest BCUT2D eigenvalue weighted by Gasteiger charge is 2.70. The van der Waals surface area contributed by atoms with E-state index in [4.69, 9.17) is 14.2 Å². The van der Waals surface area contributed by atoms with Crippen LogP contribution in [0.4, 0.5) is 5.69 Å². The first-order chi connectivity index (χ1) is 18.4. The van der Waals surface area contributed by atoms with E-state index in [2.05, 4.69) is 5.32 Å². The topological polar surface area (TPSA) is 111 Å². The Morgan fingerprint density at radius 1 is 1.15 bits per heavy atom. The third kappa shape index (κ3) is 4.23. The maximum absolute atomic E-state index is 14.6. The molecule has 3 aliphatic heterocycles. The lowest BCUT2D eigenvalue weighted by Gasteiger charge is -2.54. The van der Waals surface area contributed by atoms with E-state index >= 15 is 0 Å². The Labute approximate surface area is 228 Å². The highest BCUT2D eigenvalue weighted by Crippen LogP contribution is 2.52. The summed E-state index contributed by atoms with van der Waals surface area (Å²) in [6.45, 7) is 9.84. The number of rotatable bonds is 5. The molecule has 0 spiro atoms. The van der Waals surface area contributed by atoms with Gasteiger partial charge in [0.1, 0.15) is 17.6 Å². The van der Waals surface area contributed by atoms with E-state index in [1.165, 1.54) is 6.92 Å². The van der Waals surface area contributed by atoms with Gasteiger partial charge in [0, 0.05) is 42.1 Å². The third-order valence-electron chi connectivity index (χ3n) is 8.25. The van der Waals surface area contributed by atoms with Crippen molar-refractivity contribution < 1.29 is 33.7 Å². The Kier molecular flexibility index (Phi) is 6.81. The van der Waals surface area contributed by atoms with E-state index in [1.54, 1.807) is 0 Å². The molecular weight excluding hydrogens is 500 g/mol. The molecule has 1 saturated heterocycles. The van der Waals surface area contributed by atoms with Crippen molar-refractivity contribution >= 4 is 23.3 Å². The molecule has 2 aromatic rings. The van der Waals surface area contributed by atoms with Crippen molar-refractivity contribution in [2.45, 2.75) is 52.7 Å². The van der Waals surface area contributed by atoms with Crippen LogP contribution >= 0.6 is 0 Å². The van der Waals surface area contributed by atoms with Crippen molar-refractivity contribution in [3.8, 4) is 11.5 Å². The second kappa shape index (κ2) is 9.73. The van der Waals surface area contributed by atoms with E-state index in [9.17, 15) is 19.5 Å². The summed E-state index contributed by atoms with van der Waals surface area (Å²) < 4.78 is 17.3. The summed E-state index contributed by atoms with van der Waals surface area (Å²) in [4.78, 5) is 41.4. The molecule has 39 heavy (non-hydrogen) atoms. The summed E-state index contributed by atoms with van der Waals surface area (Å²) in [6.07, 6.45) is -0.590. The number of amides is 1. The molecule has 0 bridgehead atoms. The van der Waals surface area contributed by atoms with E-state index in [-0.39, 0.29) is 44.6 Å². The molecule has 3 heterocycles. The Bertz CT molecular complexity index is 1330. The molecule has 1 fully saturated rings. The van der Waals surface area contributed by atoms with E-state index in [0.29, 0.717) is 34.9 Å². The number of ether oxygens (including phenoxy) is 3. The number of nitrogens with zero attached hydrogens (tertiary/aromatic N) is 1. The van der Waals surface area contributed by atoms with Gasteiger partial charge in [0.25, 0.3) is 0 Å². The number of para-hydroxylation sites is 1. The average molecular weight is 538 g/mol. The maximum Gasteiger partial charge on any atom is 0.367 e. The monoisotopic (exact) mass is 537 g/mol. The fourth-order valence-electron chi connectivity index (χ4n) is 6.83. The number of carbonyl (C=O) groups is 3. The normalized spacial score (nSPS) is 28.5. The first kappa shape index (κ1) is 27.3. The highest BCUT2D eigenvalue weighted by molar-refractivity contribution is 6.02. The number of aliphatic carboxylic acids is 1. The van der Waals surface area contributed by atoms with Gasteiger partial charge in [-0.1, -0.05) is 44.5 Å². The smallest absolute Gasteiger partial charge is 0.367 e. The number of carbonyl (C=O) groups excluding carboxylic acids is 2. The van der Waals surface area contributed by atoms with Crippen molar-refractivity contribution in [3.63, 3.8) is 0 Å². The predicted molar refractivity (Wildman–Crippen MR) is 145 cm³/mol. The Hall–Kier alpha value is -3.27. The number of benzene rings is 2. The molecule has 9 heteroatoms. The fraction of sp³-hybridized carbons (Fsp3) is 0.500. The zero-order chi connectivity index (χ0) is 28.2. The van der Waals surface area contributed by atoms with Gasteiger partial charge in [0.15, 0.2) is 18.1 Å².